The Morgan fingerprint density at radius 2 is 1.71 bits per heavy atom. The Balaban J connectivity index is 1.59. The normalized spacial score (nSPS) is 10.9. The van der Waals surface area contributed by atoms with Crippen LogP contribution in [0.3, 0.4) is 0 Å². The first kappa shape index (κ1) is 18.2. The van der Waals surface area contributed by atoms with Gasteiger partial charge in [-0.15, -0.1) is 0 Å². The van der Waals surface area contributed by atoms with E-state index in [0.29, 0.717) is 17.4 Å². The van der Waals surface area contributed by atoms with Crippen LogP contribution in [0.1, 0.15) is 5.56 Å². The summed E-state index contributed by atoms with van der Waals surface area (Å²) in [5.74, 6) is 0.255. The maximum atomic E-state index is 13.0. The van der Waals surface area contributed by atoms with Crippen LogP contribution < -0.4 is 5.32 Å². The molecule has 1 heterocycles. The number of amides is 1. The fourth-order valence-corrected chi connectivity index (χ4v) is 3.18. The molecule has 6 heteroatoms. The number of imidazole rings is 1. The number of para-hydroxylation sites is 2. The molecule has 4 aromatic rings. The highest BCUT2D eigenvalue weighted by Crippen LogP contribution is 2.26. The zero-order valence-corrected chi connectivity index (χ0v) is 15.7. The van der Waals surface area contributed by atoms with Crippen molar-refractivity contribution >= 4 is 28.5 Å². The molecule has 0 saturated heterocycles. The summed E-state index contributed by atoms with van der Waals surface area (Å²) in [6, 6.07) is 21.1. The van der Waals surface area contributed by atoms with Crippen molar-refractivity contribution in [1.82, 2.24) is 14.9 Å². The summed E-state index contributed by atoms with van der Waals surface area (Å²) >= 11 is 6.00. The monoisotopic (exact) mass is 393 g/mol. The second-order valence-corrected chi connectivity index (χ2v) is 6.86. The lowest BCUT2D eigenvalue weighted by atomic mass is 10.2. The first-order valence-corrected chi connectivity index (χ1v) is 9.20. The number of rotatable bonds is 5. The van der Waals surface area contributed by atoms with E-state index in [-0.39, 0.29) is 18.3 Å². The van der Waals surface area contributed by atoms with Crippen molar-refractivity contribution in [2.45, 2.75) is 13.1 Å². The predicted octanol–water partition coefficient (Wildman–Crippen LogP) is 4.81. The van der Waals surface area contributed by atoms with Crippen LogP contribution in [0, 0.1) is 5.82 Å². The summed E-state index contributed by atoms with van der Waals surface area (Å²) in [7, 11) is 0. The summed E-state index contributed by atoms with van der Waals surface area (Å²) in [5.41, 5.74) is 3.42. The lowest BCUT2D eigenvalue weighted by molar-refractivity contribution is -0.121. The Bertz CT molecular complexity index is 1120. The molecule has 0 aliphatic heterocycles. The van der Waals surface area contributed by atoms with Gasteiger partial charge < -0.3 is 9.88 Å². The largest absolute Gasteiger partial charge is 0.350 e. The molecule has 0 bridgehead atoms. The van der Waals surface area contributed by atoms with E-state index < -0.39 is 0 Å². The molecule has 0 radical (unpaired) electrons. The number of nitrogens with zero attached hydrogens (tertiary/aromatic N) is 2. The van der Waals surface area contributed by atoms with Crippen molar-refractivity contribution in [1.29, 1.82) is 0 Å². The molecule has 1 N–H and O–H groups in total. The van der Waals surface area contributed by atoms with Crippen molar-refractivity contribution in [3.05, 3.63) is 89.2 Å². The molecular weight excluding hydrogens is 377 g/mol. The van der Waals surface area contributed by atoms with Gasteiger partial charge in [-0.05, 0) is 54.1 Å². The Morgan fingerprint density at radius 3 is 2.46 bits per heavy atom. The average molecular weight is 394 g/mol. The number of benzene rings is 3. The highest BCUT2D eigenvalue weighted by atomic mass is 35.5. The number of carbonyl (C=O) groups is 1. The summed E-state index contributed by atoms with van der Waals surface area (Å²) in [6.07, 6.45) is 0. The van der Waals surface area contributed by atoms with Crippen LogP contribution in [0.4, 0.5) is 4.39 Å². The van der Waals surface area contributed by atoms with Gasteiger partial charge >= 0.3 is 0 Å². The summed E-state index contributed by atoms with van der Waals surface area (Å²) in [4.78, 5) is 17.3. The molecule has 0 fully saturated rings. The van der Waals surface area contributed by atoms with E-state index in [1.807, 2.05) is 41.0 Å². The molecule has 1 aromatic heterocycles. The van der Waals surface area contributed by atoms with E-state index in [2.05, 4.69) is 5.32 Å². The topological polar surface area (TPSA) is 46.9 Å². The average Bonchev–Trinajstić information content (AvgIpc) is 3.07. The zero-order chi connectivity index (χ0) is 19.5. The number of halogens is 2. The number of hydrogen-bond acceptors (Lipinski definition) is 2. The number of hydrogen-bond donors (Lipinski definition) is 1. The van der Waals surface area contributed by atoms with Crippen LogP contribution in [-0.2, 0) is 17.9 Å². The third kappa shape index (κ3) is 3.89. The van der Waals surface area contributed by atoms with Crippen LogP contribution in [0.5, 0.6) is 0 Å². The summed E-state index contributed by atoms with van der Waals surface area (Å²) in [5, 5.41) is 3.52. The van der Waals surface area contributed by atoms with Gasteiger partial charge in [0.15, 0.2) is 0 Å². The van der Waals surface area contributed by atoms with Crippen molar-refractivity contribution < 1.29 is 9.18 Å². The van der Waals surface area contributed by atoms with Gasteiger partial charge in [0, 0.05) is 17.1 Å². The number of fused-ring (bicyclic) bond motifs is 1. The SMILES string of the molecule is O=C(Cn1c(-c2ccc(Cl)cc2)nc2ccccc21)NCc1ccc(F)cc1. The van der Waals surface area contributed by atoms with E-state index in [4.69, 9.17) is 16.6 Å². The van der Waals surface area contributed by atoms with Crippen molar-refractivity contribution in [2.75, 3.05) is 0 Å². The van der Waals surface area contributed by atoms with E-state index >= 15 is 0 Å². The third-order valence-corrected chi connectivity index (χ3v) is 4.71. The molecule has 0 spiro atoms. The lowest BCUT2D eigenvalue weighted by Crippen LogP contribution is -2.27. The first-order chi connectivity index (χ1) is 13.6. The molecule has 3 aromatic carbocycles. The van der Waals surface area contributed by atoms with E-state index in [9.17, 15) is 9.18 Å². The zero-order valence-electron chi connectivity index (χ0n) is 14.9. The maximum absolute atomic E-state index is 13.0. The van der Waals surface area contributed by atoms with Gasteiger partial charge in [0.05, 0.1) is 11.0 Å². The smallest absolute Gasteiger partial charge is 0.240 e. The first-order valence-electron chi connectivity index (χ1n) is 8.82. The Kier molecular flexibility index (Phi) is 5.08. The predicted molar refractivity (Wildman–Crippen MR) is 108 cm³/mol. The molecular formula is C22H17ClFN3O. The van der Waals surface area contributed by atoms with Crippen molar-refractivity contribution in [3.8, 4) is 11.4 Å². The van der Waals surface area contributed by atoms with E-state index in [1.54, 1.807) is 24.3 Å². The molecule has 28 heavy (non-hydrogen) atoms. The van der Waals surface area contributed by atoms with Crippen LogP contribution in [0.25, 0.3) is 22.4 Å². The molecule has 140 valence electrons. The Labute approximate surface area is 166 Å². The quantitative estimate of drug-likeness (QED) is 0.528. The minimum Gasteiger partial charge on any atom is -0.350 e. The van der Waals surface area contributed by atoms with Crippen molar-refractivity contribution in [2.24, 2.45) is 0 Å². The second-order valence-electron chi connectivity index (χ2n) is 6.42. The van der Waals surface area contributed by atoms with Gasteiger partial charge in [-0.25, -0.2) is 9.37 Å². The van der Waals surface area contributed by atoms with Crippen LogP contribution in [0.2, 0.25) is 5.02 Å². The van der Waals surface area contributed by atoms with Gasteiger partial charge in [0.1, 0.15) is 18.2 Å². The fraction of sp³-hybridized carbons (Fsp3) is 0.0909. The second kappa shape index (κ2) is 7.82. The number of nitrogens with one attached hydrogen (secondary N) is 1. The standard InChI is InChI=1S/C22H17ClFN3O/c23-17-9-7-16(8-10-17)22-26-19-3-1-2-4-20(19)27(22)14-21(28)25-13-15-5-11-18(24)12-6-15/h1-12H,13-14H2,(H,25,28). The third-order valence-electron chi connectivity index (χ3n) is 4.46. The minimum absolute atomic E-state index is 0.125. The van der Waals surface area contributed by atoms with Crippen molar-refractivity contribution in [3.63, 3.8) is 0 Å². The van der Waals surface area contributed by atoms with Gasteiger partial charge in [0.25, 0.3) is 0 Å². The molecule has 0 aliphatic rings. The highest BCUT2D eigenvalue weighted by molar-refractivity contribution is 6.30. The van der Waals surface area contributed by atoms with Gasteiger partial charge in [0.2, 0.25) is 5.91 Å². The van der Waals surface area contributed by atoms with Crippen LogP contribution in [0.15, 0.2) is 72.8 Å². The van der Waals surface area contributed by atoms with Crippen LogP contribution >= 0.6 is 11.6 Å². The van der Waals surface area contributed by atoms with Gasteiger partial charge in [-0.3, -0.25) is 4.79 Å². The lowest BCUT2D eigenvalue weighted by Gasteiger charge is -2.10. The number of aromatic nitrogens is 2. The maximum Gasteiger partial charge on any atom is 0.240 e. The van der Waals surface area contributed by atoms with E-state index in [0.717, 1.165) is 22.2 Å². The molecule has 0 aliphatic carbocycles. The molecule has 0 unspecified atom stereocenters. The highest BCUT2D eigenvalue weighted by Gasteiger charge is 2.15. The minimum atomic E-state index is -0.299. The number of carbonyl (C=O) groups excluding carboxylic acids is 1. The van der Waals surface area contributed by atoms with Gasteiger partial charge in [-0.2, -0.15) is 0 Å². The molecule has 4 rings (SSSR count). The molecule has 1 amide bonds. The molecule has 0 saturated carbocycles. The van der Waals surface area contributed by atoms with Gasteiger partial charge in [-0.1, -0.05) is 35.9 Å². The molecule has 4 nitrogen and oxygen atoms in total. The van der Waals surface area contributed by atoms with E-state index in [1.165, 1.54) is 12.1 Å². The molecule has 0 atom stereocenters. The fourth-order valence-electron chi connectivity index (χ4n) is 3.06. The Morgan fingerprint density at radius 1 is 1.00 bits per heavy atom. The Hall–Kier alpha value is -3.18. The van der Waals surface area contributed by atoms with Crippen LogP contribution in [-0.4, -0.2) is 15.5 Å². The summed E-state index contributed by atoms with van der Waals surface area (Å²) in [6.45, 7) is 0.460. The summed E-state index contributed by atoms with van der Waals surface area (Å²) < 4.78 is 14.9.